The Morgan fingerprint density at radius 2 is 1.72 bits per heavy atom. The fourth-order valence-electron chi connectivity index (χ4n) is 1.54. The Bertz CT molecular complexity index is 562. The molecular weight excluding hydrogens is 243 g/mol. The molecule has 6 heteroatoms. The van der Waals surface area contributed by atoms with Gasteiger partial charge in [0.2, 0.25) is 0 Å². The molecule has 0 unspecified atom stereocenters. The van der Waals surface area contributed by atoms with E-state index in [9.17, 15) is 13.2 Å². The third-order valence-electron chi connectivity index (χ3n) is 2.44. The van der Waals surface area contributed by atoms with Crippen LogP contribution in [-0.4, -0.2) is 4.98 Å². The maximum absolute atomic E-state index is 12.4. The number of pyridine rings is 1. The number of anilines is 2. The van der Waals surface area contributed by atoms with Crippen LogP contribution in [0.4, 0.5) is 24.5 Å². The van der Waals surface area contributed by atoms with Gasteiger partial charge in [0.15, 0.2) is 0 Å². The van der Waals surface area contributed by atoms with Gasteiger partial charge in [0, 0.05) is 28.7 Å². The van der Waals surface area contributed by atoms with Crippen molar-refractivity contribution in [3.05, 3.63) is 42.2 Å². The first-order valence-corrected chi connectivity index (χ1v) is 5.06. The lowest BCUT2D eigenvalue weighted by Gasteiger charge is -2.09. The summed E-state index contributed by atoms with van der Waals surface area (Å²) >= 11 is 0. The molecule has 3 nitrogen and oxygen atoms in total. The monoisotopic (exact) mass is 253 g/mol. The van der Waals surface area contributed by atoms with E-state index in [2.05, 4.69) is 4.98 Å². The lowest BCUT2D eigenvalue weighted by molar-refractivity contribution is -0.141. The van der Waals surface area contributed by atoms with Gasteiger partial charge in [-0.2, -0.15) is 13.2 Å². The third kappa shape index (κ3) is 2.37. The number of nitrogens with zero attached hydrogens (tertiary/aromatic N) is 1. The number of nitrogens with two attached hydrogens (primary N) is 2. The summed E-state index contributed by atoms with van der Waals surface area (Å²) in [5, 5.41) is 0. The Hall–Kier alpha value is -2.24. The van der Waals surface area contributed by atoms with Gasteiger partial charge in [0.05, 0.1) is 0 Å². The summed E-state index contributed by atoms with van der Waals surface area (Å²) < 4.78 is 37.1. The van der Waals surface area contributed by atoms with Crippen molar-refractivity contribution in [2.45, 2.75) is 6.18 Å². The summed E-state index contributed by atoms with van der Waals surface area (Å²) in [4.78, 5) is 3.38. The van der Waals surface area contributed by atoms with Crippen LogP contribution in [0.25, 0.3) is 11.1 Å². The average molecular weight is 253 g/mol. The second-order valence-corrected chi connectivity index (χ2v) is 3.78. The van der Waals surface area contributed by atoms with Crippen molar-refractivity contribution in [2.24, 2.45) is 0 Å². The highest BCUT2D eigenvalue weighted by molar-refractivity contribution is 5.78. The minimum atomic E-state index is -4.44. The van der Waals surface area contributed by atoms with Gasteiger partial charge in [-0.25, -0.2) is 0 Å². The lowest BCUT2D eigenvalue weighted by Crippen LogP contribution is -2.07. The van der Waals surface area contributed by atoms with Crippen LogP contribution in [0.1, 0.15) is 5.69 Å². The van der Waals surface area contributed by atoms with Crippen LogP contribution in [0.5, 0.6) is 0 Å². The number of benzene rings is 1. The third-order valence-corrected chi connectivity index (χ3v) is 2.44. The number of halogens is 3. The molecule has 0 bridgehead atoms. The average Bonchev–Trinajstić information content (AvgIpc) is 2.31. The summed E-state index contributed by atoms with van der Waals surface area (Å²) in [7, 11) is 0. The predicted molar refractivity (Wildman–Crippen MR) is 63.5 cm³/mol. The zero-order chi connectivity index (χ0) is 13.3. The van der Waals surface area contributed by atoms with Crippen LogP contribution in [0.2, 0.25) is 0 Å². The smallest absolute Gasteiger partial charge is 0.399 e. The Labute approximate surface area is 101 Å². The molecule has 4 N–H and O–H groups in total. The van der Waals surface area contributed by atoms with Crippen LogP contribution in [0, 0.1) is 0 Å². The topological polar surface area (TPSA) is 64.9 Å². The first kappa shape index (κ1) is 12.2. The molecule has 18 heavy (non-hydrogen) atoms. The van der Waals surface area contributed by atoms with E-state index in [4.69, 9.17) is 11.5 Å². The van der Waals surface area contributed by atoms with Crippen LogP contribution >= 0.6 is 0 Å². The number of alkyl halides is 3. The van der Waals surface area contributed by atoms with Crippen LogP contribution in [-0.2, 0) is 6.18 Å². The van der Waals surface area contributed by atoms with E-state index in [0.29, 0.717) is 22.5 Å². The van der Waals surface area contributed by atoms with Gasteiger partial charge in [-0.15, -0.1) is 0 Å². The highest BCUT2D eigenvalue weighted by Gasteiger charge is 2.32. The van der Waals surface area contributed by atoms with Crippen LogP contribution < -0.4 is 11.5 Å². The molecule has 0 spiro atoms. The first-order valence-electron chi connectivity index (χ1n) is 5.06. The van der Waals surface area contributed by atoms with Crippen molar-refractivity contribution in [2.75, 3.05) is 11.5 Å². The minimum Gasteiger partial charge on any atom is -0.399 e. The molecule has 94 valence electrons. The van der Waals surface area contributed by atoms with Crippen molar-refractivity contribution < 1.29 is 13.2 Å². The molecule has 1 aromatic carbocycles. The molecule has 1 aromatic heterocycles. The molecule has 1 heterocycles. The summed E-state index contributed by atoms with van der Waals surface area (Å²) in [5.41, 5.74) is 12.4. The molecule has 0 radical (unpaired) electrons. The molecular formula is C12H10F3N3. The number of hydrogen-bond acceptors (Lipinski definition) is 3. The fourth-order valence-corrected chi connectivity index (χ4v) is 1.54. The maximum atomic E-state index is 12.4. The molecule has 0 saturated carbocycles. The molecule has 0 atom stereocenters. The number of aromatic nitrogens is 1. The largest absolute Gasteiger partial charge is 0.433 e. The summed E-state index contributed by atoms with van der Waals surface area (Å²) in [6.07, 6.45) is -3.31. The van der Waals surface area contributed by atoms with E-state index in [1.165, 1.54) is 6.07 Å². The zero-order valence-electron chi connectivity index (χ0n) is 9.20. The number of rotatable bonds is 1. The van der Waals surface area contributed by atoms with Gasteiger partial charge in [0.1, 0.15) is 5.69 Å². The summed E-state index contributed by atoms with van der Waals surface area (Å²) in [6.45, 7) is 0. The molecule has 0 saturated heterocycles. The molecule has 0 fully saturated rings. The van der Waals surface area contributed by atoms with Crippen molar-refractivity contribution in [1.82, 2.24) is 4.98 Å². The van der Waals surface area contributed by atoms with Crippen LogP contribution in [0.15, 0.2) is 36.5 Å². The van der Waals surface area contributed by atoms with Gasteiger partial charge < -0.3 is 11.5 Å². The van der Waals surface area contributed by atoms with Crippen molar-refractivity contribution >= 4 is 11.4 Å². The highest BCUT2D eigenvalue weighted by atomic mass is 19.4. The second kappa shape index (κ2) is 4.21. The molecule has 0 aliphatic heterocycles. The summed E-state index contributed by atoms with van der Waals surface area (Å²) in [5.74, 6) is 0. The van der Waals surface area contributed by atoms with E-state index in [-0.39, 0.29) is 0 Å². The van der Waals surface area contributed by atoms with E-state index >= 15 is 0 Å². The van der Waals surface area contributed by atoms with E-state index < -0.39 is 11.9 Å². The standard InChI is InChI=1S/C12H10F3N3/c13-12(14,15)11-4-1-7(6-18-11)9-5-8(16)2-3-10(9)17/h1-6H,16-17H2. The molecule has 2 aromatic rings. The number of nitrogen functional groups attached to an aromatic ring is 2. The van der Waals surface area contributed by atoms with E-state index in [1.54, 1.807) is 18.2 Å². The van der Waals surface area contributed by atoms with E-state index in [0.717, 1.165) is 12.3 Å². The maximum Gasteiger partial charge on any atom is 0.433 e. The van der Waals surface area contributed by atoms with Gasteiger partial charge in [0.25, 0.3) is 0 Å². The quantitative estimate of drug-likeness (QED) is 0.768. The predicted octanol–water partition coefficient (Wildman–Crippen LogP) is 2.93. The fraction of sp³-hybridized carbons (Fsp3) is 0.0833. The summed E-state index contributed by atoms with van der Waals surface area (Å²) in [6, 6.07) is 7.05. The molecule has 0 aliphatic rings. The normalized spacial score (nSPS) is 11.5. The Kier molecular flexibility index (Phi) is 2.86. The highest BCUT2D eigenvalue weighted by Crippen LogP contribution is 2.31. The van der Waals surface area contributed by atoms with Gasteiger partial charge in [-0.3, -0.25) is 4.98 Å². The minimum absolute atomic E-state index is 0.436. The SMILES string of the molecule is Nc1ccc(N)c(-c2ccc(C(F)(F)F)nc2)c1. The second-order valence-electron chi connectivity index (χ2n) is 3.78. The van der Waals surface area contributed by atoms with Gasteiger partial charge in [-0.05, 0) is 24.3 Å². The first-order chi connectivity index (χ1) is 8.38. The Balaban J connectivity index is 2.43. The van der Waals surface area contributed by atoms with Crippen LogP contribution in [0.3, 0.4) is 0 Å². The Morgan fingerprint density at radius 3 is 2.28 bits per heavy atom. The Morgan fingerprint density at radius 1 is 1.00 bits per heavy atom. The molecule has 2 rings (SSSR count). The van der Waals surface area contributed by atoms with Crippen molar-refractivity contribution in [1.29, 1.82) is 0 Å². The van der Waals surface area contributed by atoms with E-state index in [1.807, 2.05) is 0 Å². The molecule has 0 amide bonds. The van der Waals surface area contributed by atoms with Crippen molar-refractivity contribution in [3.63, 3.8) is 0 Å². The lowest BCUT2D eigenvalue weighted by atomic mass is 10.0. The van der Waals surface area contributed by atoms with Crippen molar-refractivity contribution in [3.8, 4) is 11.1 Å². The number of hydrogen-bond donors (Lipinski definition) is 2. The molecule has 0 aliphatic carbocycles. The van der Waals surface area contributed by atoms with Gasteiger partial charge in [-0.1, -0.05) is 6.07 Å². The zero-order valence-corrected chi connectivity index (χ0v) is 9.20. The van der Waals surface area contributed by atoms with Gasteiger partial charge >= 0.3 is 6.18 Å².